The summed E-state index contributed by atoms with van der Waals surface area (Å²) in [5.41, 5.74) is 2.10. The van der Waals surface area contributed by atoms with E-state index >= 15 is 0 Å². The Labute approximate surface area is 264 Å². The standard InChI is InChI=1S/C35H42N6O4/c1-24(9-12-30(43)38-23-42)41-29-11-10-26(27-7-6-8-28(31(27)29)32(41)44)19-25(20-36)21-39-34(2)15-17-40(18-16-34)33(45)35(22-37)13-4-3-5-14-35/h6-8,10-11,20-21,23-24,36,39H,3-5,9,12-19H2,1-2H3,(H,38,42,43)/b25-21-,36-20?. The van der Waals surface area contributed by atoms with Gasteiger partial charge in [-0.2, -0.15) is 5.26 Å². The van der Waals surface area contributed by atoms with E-state index in [0.717, 1.165) is 59.7 Å². The quantitative estimate of drug-likeness (QED) is 0.247. The van der Waals surface area contributed by atoms with Gasteiger partial charge in [0.1, 0.15) is 5.41 Å². The van der Waals surface area contributed by atoms with Crippen molar-refractivity contribution in [3.8, 4) is 6.07 Å². The van der Waals surface area contributed by atoms with Gasteiger partial charge in [-0.3, -0.25) is 24.5 Å². The van der Waals surface area contributed by atoms with Gasteiger partial charge in [-0.15, -0.1) is 0 Å². The van der Waals surface area contributed by atoms with Crippen molar-refractivity contribution in [2.45, 2.75) is 89.6 Å². The summed E-state index contributed by atoms with van der Waals surface area (Å²) in [5.74, 6) is -0.493. The number of rotatable bonds is 11. The predicted molar refractivity (Wildman–Crippen MR) is 173 cm³/mol. The molecular weight excluding hydrogens is 568 g/mol. The molecule has 10 nitrogen and oxygen atoms in total. The maximum absolute atomic E-state index is 13.5. The summed E-state index contributed by atoms with van der Waals surface area (Å²) in [6.07, 6.45) is 10.4. The molecular formula is C35H42N6O4. The molecule has 2 fully saturated rings. The number of imide groups is 1. The maximum atomic E-state index is 13.5. The second-order valence-corrected chi connectivity index (χ2v) is 13.0. The van der Waals surface area contributed by atoms with Crippen LogP contribution in [0.15, 0.2) is 42.1 Å². The molecule has 2 aromatic carbocycles. The van der Waals surface area contributed by atoms with Crippen LogP contribution in [0.25, 0.3) is 10.8 Å². The molecule has 0 spiro atoms. The van der Waals surface area contributed by atoms with Gasteiger partial charge in [0, 0.05) is 60.9 Å². The van der Waals surface area contributed by atoms with Crippen LogP contribution in [0.4, 0.5) is 5.69 Å². The Hall–Kier alpha value is -4.52. The van der Waals surface area contributed by atoms with Crippen LogP contribution >= 0.6 is 0 Å². The van der Waals surface area contributed by atoms with E-state index in [1.165, 1.54) is 6.21 Å². The lowest BCUT2D eigenvalue weighted by atomic mass is 9.73. The summed E-state index contributed by atoms with van der Waals surface area (Å²) >= 11 is 0. The number of piperidine rings is 1. The fourth-order valence-corrected chi connectivity index (χ4v) is 7.08. The molecule has 1 unspecified atom stereocenters. The van der Waals surface area contributed by atoms with Crippen LogP contribution < -0.4 is 15.5 Å². The number of benzene rings is 2. The zero-order valence-electron chi connectivity index (χ0n) is 26.2. The van der Waals surface area contributed by atoms with Crippen molar-refractivity contribution >= 4 is 46.8 Å². The average molecular weight is 611 g/mol. The number of hydrogen-bond acceptors (Lipinski definition) is 7. The van der Waals surface area contributed by atoms with E-state index in [-0.39, 0.29) is 35.7 Å². The first kappa shape index (κ1) is 31.9. The van der Waals surface area contributed by atoms with E-state index < -0.39 is 5.41 Å². The molecule has 2 heterocycles. The number of nitrogens with one attached hydrogen (secondary N) is 3. The van der Waals surface area contributed by atoms with E-state index in [4.69, 9.17) is 5.41 Å². The smallest absolute Gasteiger partial charge is 0.259 e. The summed E-state index contributed by atoms with van der Waals surface area (Å²) < 4.78 is 0. The number of carbonyl (C=O) groups is 4. The zero-order chi connectivity index (χ0) is 32.2. The topological polar surface area (TPSA) is 146 Å². The second kappa shape index (κ2) is 13.2. The number of carbonyl (C=O) groups excluding carboxylic acids is 4. The number of allylic oxidation sites excluding steroid dienone is 1. The minimum atomic E-state index is -0.862. The van der Waals surface area contributed by atoms with E-state index in [9.17, 15) is 24.4 Å². The van der Waals surface area contributed by atoms with Gasteiger partial charge in [-0.25, -0.2) is 0 Å². The van der Waals surface area contributed by atoms with E-state index in [1.807, 2.05) is 48.4 Å². The third-order valence-corrected chi connectivity index (χ3v) is 9.94. The first-order chi connectivity index (χ1) is 21.6. The SMILES string of the molecule is CC(CCC(=O)NC=O)N1C(=O)c2cccc3c(C/C(C=N)=C/NC4(C)CCN(C(=O)C5(C#N)CCCCC5)CC4)ccc1c23. The number of likely N-dealkylation sites (tertiary alicyclic amines) is 1. The van der Waals surface area contributed by atoms with Gasteiger partial charge in [-0.1, -0.05) is 37.5 Å². The van der Waals surface area contributed by atoms with Gasteiger partial charge in [0.2, 0.25) is 18.2 Å². The Morgan fingerprint density at radius 1 is 1.11 bits per heavy atom. The number of nitriles is 1. The van der Waals surface area contributed by atoms with E-state index in [2.05, 4.69) is 23.6 Å². The largest absolute Gasteiger partial charge is 0.385 e. The number of amides is 4. The molecule has 2 aromatic rings. The molecule has 1 aliphatic carbocycles. The van der Waals surface area contributed by atoms with Crippen molar-refractivity contribution < 1.29 is 19.2 Å². The third-order valence-electron chi connectivity index (χ3n) is 9.94. The van der Waals surface area contributed by atoms with Gasteiger partial charge in [0.25, 0.3) is 5.91 Å². The summed E-state index contributed by atoms with van der Waals surface area (Å²) in [5, 5.41) is 25.5. The van der Waals surface area contributed by atoms with Crippen LogP contribution in [0.5, 0.6) is 0 Å². The molecule has 45 heavy (non-hydrogen) atoms. The van der Waals surface area contributed by atoms with Gasteiger partial charge >= 0.3 is 0 Å². The molecule has 4 amide bonds. The molecule has 2 aliphatic heterocycles. The number of anilines is 1. The van der Waals surface area contributed by atoms with E-state index in [1.54, 1.807) is 4.90 Å². The Balaban J connectivity index is 1.27. The lowest BCUT2D eigenvalue weighted by Crippen LogP contribution is -2.54. The molecule has 0 radical (unpaired) electrons. The van der Waals surface area contributed by atoms with Crippen molar-refractivity contribution in [1.82, 2.24) is 15.5 Å². The Morgan fingerprint density at radius 3 is 2.51 bits per heavy atom. The second-order valence-electron chi connectivity index (χ2n) is 13.0. The number of hydrogen-bond donors (Lipinski definition) is 3. The van der Waals surface area contributed by atoms with Crippen molar-refractivity contribution in [3.63, 3.8) is 0 Å². The molecule has 0 aromatic heterocycles. The van der Waals surface area contributed by atoms with Crippen molar-refractivity contribution in [3.05, 3.63) is 53.2 Å². The van der Waals surface area contributed by atoms with Gasteiger partial charge in [0.05, 0.1) is 11.8 Å². The van der Waals surface area contributed by atoms with Crippen molar-refractivity contribution in [1.29, 1.82) is 10.7 Å². The normalized spacial score (nSPS) is 19.5. The zero-order valence-corrected chi connectivity index (χ0v) is 26.2. The van der Waals surface area contributed by atoms with Gasteiger partial charge in [-0.05, 0) is 74.6 Å². The van der Waals surface area contributed by atoms with Gasteiger partial charge in [0.15, 0.2) is 0 Å². The van der Waals surface area contributed by atoms with Crippen LogP contribution in [0, 0.1) is 22.2 Å². The summed E-state index contributed by atoms with van der Waals surface area (Å²) in [6, 6.07) is 11.8. The number of nitrogens with zero attached hydrogens (tertiary/aromatic N) is 3. The highest BCUT2D eigenvalue weighted by atomic mass is 16.2. The Morgan fingerprint density at radius 2 is 1.84 bits per heavy atom. The molecule has 1 atom stereocenters. The van der Waals surface area contributed by atoms with Crippen molar-refractivity contribution in [2.75, 3.05) is 18.0 Å². The first-order valence-corrected chi connectivity index (χ1v) is 15.9. The minimum Gasteiger partial charge on any atom is -0.385 e. The van der Waals surface area contributed by atoms with Crippen LogP contribution in [0.2, 0.25) is 0 Å². The van der Waals surface area contributed by atoms with Crippen LogP contribution in [0.3, 0.4) is 0 Å². The summed E-state index contributed by atoms with van der Waals surface area (Å²) in [7, 11) is 0. The average Bonchev–Trinajstić information content (AvgIpc) is 3.35. The highest BCUT2D eigenvalue weighted by Crippen LogP contribution is 2.41. The fourth-order valence-electron chi connectivity index (χ4n) is 7.08. The Kier molecular flexibility index (Phi) is 9.37. The Bertz CT molecular complexity index is 1580. The molecule has 3 N–H and O–H groups in total. The van der Waals surface area contributed by atoms with Crippen LogP contribution in [0.1, 0.15) is 87.6 Å². The molecule has 3 aliphatic rings. The fraction of sp³-hybridized carbons (Fsp3) is 0.486. The highest BCUT2D eigenvalue weighted by Gasteiger charge is 2.44. The molecule has 1 saturated carbocycles. The molecule has 0 bridgehead atoms. The lowest BCUT2D eigenvalue weighted by molar-refractivity contribution is -0.142. The monoisotopic (exact) mass is 610 g/mol. The summed E-state index contributed by atoms with van der Waals surface area (Å²) in [6.45, 7) is 5.23. The molecule has 1 saturated heterocycles. The highest BCUT2D eigenvalue weighted by molar-refractivity contribution is 6.25. The van der Waals surface area contributed by atoms with Gasteiger partial charge < -0.3 is 20.5 Å². The maximum Gasteiger partial charge on any atom is 0.259 e. The molecule has 236 valence electrons. The van der Waals surface area contributed by atoms with E-state index in [0.29, 0.717) is 50.7 Å². The minimum absolute atomic E-state index is 0.00985. The van der Waals surface area contributed by atoms with Crippen LogP contribution in [-0.2, 0) is 20.8 Å². The summed E-state index contributed by atoms with van der Waals surface area (Å²) in [4.78, 5) is 52.8. The molecule has 10 heteroatoms. The molecule has 5 rings (SSSR count). The first-order valence-electron chi connectivity index (χ1n) is 15.9. The lowest BCUT2D eigenvalue weighted by Gasteiger charge is -2.43. The van der Waals surface area contributed by atoms with Crippen LogP contribution in [-0.4, -0.2) is 59.9 Å². The predicted octanol–water partition coefficient (Wildman–Crippen LogP) is 4.76. The van der Waals surface area contributed by atoms with Crippen molar-refractivity contribution in [2.24, 2.45) is 5.41 Å². The third kappa shape index (κ3) is 6.35.